The molecule has 0 bridgehead atoms. The van der Waals surface area contributed by atoms with Crippen LogP contribution >= 0.6 is 22.9 Å². The van der Waals surface area contributed by atoms with Gasteiger partial charge in [0, 0.05) is 12.0 Å². The van der Waals surface area contributed by atoms with Crippen molar-refractivity contribution in [3.05, 3.63) is 21.3 Å². The fraction of sp³-hybridized carbons (Fsp3) is 0.545. The first-order valence-corrected chi connectivity index (χ1v) is 6.38. The number of rotatable bonds is 3. The van der Waals surface area contributed by atoms with Crippen LogP contribution in [0.3, 0.4) is 0 Å². The Balaban J connectivity index is 2.26. The van der Waals surface area contributed by atoms with Crippen molar-refractivity contribution in [3.63, 3.8) is 0 Å². The average Bonchev–Trinajstić information content (AvgIpc) is 2.86. The highest BCUT2D eigenvalue weighted by atomic mass is 35.5. The van der Waals surface area contributed by atoms with Crippen molar-refractivity contribution in [3.8, 4) is 0 Å². The highest BCUT2D eigenvalue weighted by Gasteiger charge is 2.40. The second-order valence-corrected chi connectivity index (χ2v) is 5.71. The SMILES string of the molecule is CCC1(C(=O)c2ccc(Cl)s2)CCNC1. The lowest BCUT2D eigenvalue weighted by atomic mass is 9.79. The zero-order chi connectivity index (χ0) is 10.9. The smallest absolute Gasteiger partial charge is 0.180 e. The predicted octanol–water partition coefficient (Wildman–Crippen LogP) is 2.97. The molecule has 0 amide bonds. The molecule has 1 aliphatic rings. The van der Waals surface area contributed by atoms with Crippen molar-refractivity contribution in [1.29, 1.82) is 0 Å². The Labute approximate surface area is 98.6 Å². The number of carbonyl (C=O) groups excluding carboxylic acids is 1. The zero-order valence-corrected chi connectivity index (χ0v) is 10.3. The maximum atomic E-state index is 12.3. The molecule has 1 atom stereocenters. The lowest BCUT2D eigenvalue weighted by Gasteiger charge is -2.23. The number of ketones is 1. The van der Waals surface area contributed by atoms with Crippen molar-refractivity contribution in [1.82, 2.24) is 5.32 Å². The van der Waals surface area contributed by atoms with Gasteiger partial charge in [-0.3, -0.25) is 4.79 Å². The molecule has 1 saturated heterocycles. The van der Waals surface area contributed by atoms with E-state index in [1.165, 1.54) is 11.3 Å². The Morgan fingerprint density at radius 2 is 2.47 bits per heavy atom. The van der Waals surface area contributed by atoms with E-state index >= 15 is 0 Å². The summed E-state index contributed by atoms with van der Waals surface area (Å²) in [6, 6.07) is 3.64. The Kier molecular flexibility index (Phi) is 3.14. The van der Waals surface area contributed by atoms with Gasteiger partial charge in [0.2, 0.25) is 0 Å². The first kappa shape index (κ1) is 11.1. The van der Waals surface area contributed by atoms with Gasteiger partial charge in [0.1, 0.15) is 0 Å². The van der Waals surface area contributed by atoms with E-state index in [0.717, 1.165) is 30.8 Å². The number of nitrogens with one attached hydrogen (secondary N) is 1. The van der Waals surface area contributed by atoms with E-state index in [1.54, 1.807) is 6.07 Å². The van der Waals surface area contributed by atoms with Crippen LogP contribution in [0, 0.1) is 5.41 Å². The quantitative estimate of drug-likeness (QED) is 0.827. The summed E-state index contributed by atoms with van der Waals surface area (Å²) in [4.78, 5) is 13.1. The Morgan fingerprint density at radius 1 is 1.67 bits per heavy atom. The predicted molar refractivity (Wildman–Crippen MR) is 63.9 cm³/mol. The third-order valence-corrected chi connectivity index (χ3v) is 4.43. The van der Waals surface area contributed by atoms with Crippen LogP contribution in [0.15, 0.2) is 12.1 Å². The van der Waals surface area contributed by atoms with Crippen LogP contribution in [0.1, 0.15) is 29.4 Å². The molecule has 0 aliphatic carbocycles. The second-order valence-electron chi connectivity index (χ2n) is 3.99. The summed E-state index contributed by atoms with van der Waals surface area (Å²) in [6.45, 7) is 3.83. The Hall–Kier alpha value is -0.380. The van der Waals surface area contributed by atoms with Gasteiger partial charge in [-0.1, -0.05) is 18.5 Å². The van der Waals surface area contributed by atoms with E-state index in [1.807, 2.05) is 6.07 Å². The molecule has 1 unspecified atom stereocenters. The number of carbonyl (C=O) groups is 1. The van der Waals surface area contributed by atoms with Gasteiger partial charge < -0.3 is 5.32 Å². The summed E-state index contributed by atoms with van der Waals surface area (Å²) in [5.41, 5.74) is -0.186. The summed E-state index contributed by atoms with van der Waals surface area (Å²) in [7, 11) is 0. The van der Waals surface area contributed by atoms with Gasteiger partial charge in [-0.2, -0.15) is 0 Å². The van der Waals surface area contributed by atoms with E-state index in [-0.39, 0.29) is 11.2 Å². The first-order chi connectivity index (χ1) is 7.18. The van der Waals surface area contributed by atoms with E-state index in [4.69, 9.17) is 11.6 Å². The second kappa shape index (κ2) is 4.24. The minimum atomic E-state index is -0.186. The van der Waals surface area contributed by atoms with Crippen molar-refractivity contribution < 1.29 is 4.79 Å². The van der Waals surface area contributed by atoms with Gasteiger partial charge in [0.25, 0.3) is 0 Å². The van der Waals surface area contributed by atoms with E-state index in [0.29, 0.717) is 4.34 Å². The number of hydrogen-bond donors (Lipinski definition) is 1. The molecule has 0 saturated carbocycles. The van der Waals surface area contributed by atoms with Crippen molar-refractivity contribution >= 4 is 28.7 Å². The monoisotopic (exact) mass is 243 g/mol. The van der Waals surface area contributed by atoms with Crippen molar-refractivity contribution in [2.24, 2.45) is 5.41 Å². The maximum Gasteiger partial charge on any atom is 0.180 e. The molecule has 1 aromatic heterocycles. The van der Waals surface area contributed by atoms with Crippen LogP contribution < -0.4 is 5.32 Å². The molecule has 2 rings (SSSR count). The number of halogens is 1. The summed E-state index contributed by atoms with van der Waals surface area (Å²) in [5.74, 6) is 0.256. The largest absolute Gasteiger partial charge is 0.316 e. The standard InChI is InChI=1S/C11H14ClNOS/c1-2-11(5-6-13-7-11)10(14)8-3-4-9(12)15-8/h3-4,13H,2,5-7H2,1H3. The summed E-state index contributed by atoms with van der Waals surface area (Å²) < 4.78 is 0.690. The lowest BCUT2D eigenvalue weighted by Crippen LogP contribution is -2.32. The first-order valence-electron chi connectivity index (χ1n) is 5.19. The molecule has 2 nitrogen and oxygen atoms in total. The number of hydrogen-bond acceptors (Lipinski definition) is 3. The Bertz CT molecular complexity index is 368. The number of Topliss-reactive ketones (excluding diaryl/α,β-unsaturated/α-hetero) is 1. The van der Waals surface area contributed by atoms with Crippen LogP contribution in [0.5, 0.6) is 0 Å². The molecule has 1 aromatic rings. The highest BCUT2D eigenvalue weighted by Crippen LogP contribution is 2.36. The summed E-state index contributed by atoms with van der Waals surface area (Å²) in [6.07, 6.45) is 1.84. The van der Waals surface area contributed by atoms with Gasteiger partial charge in [0.15, 0.2) is 5.78 Å². The molecule has 2 heterocycles. The summed E-state index contributed by atoms with van der Waals surface area (Å²) in [5, 5.41) is 3.27. The normalized spacial score (nSPS) is 25.7. The molecule has 0 aromatic carbocycles. The zero-order valence-electron chi connectivity index (χ0n) is 8.68. The van der Waals surface area contributed by atoms with Crippen LogP contribution in [0.2, 0.25) is 4.34 Å². The third-order valence-electron chi connectivity index (χ3n) is 3.20. The summed E-state index contributed by atoms with van der Waals surface area (Å²) >= 11 is 7.24. The molecule has 15 heavy (non-hydrogen) atoms. The van der Waals surface area contributed by atoms with Gasteiger partial charge >= 0.3 is 0 Å². The molecular formula is C11H14ClNOS. The van der Waals surface area contributed by atoms with E-state index in [9.17, 15) is 4.79 Å². The molecule has 4 heteroatoms. The number of thiophene rings is 1. The minimum absolute atomic E-state index is 0.186. The maximum absolute atomic E-state index is 12.3. The minimum Gasteiger partial charge on any atom is -0.316 e. The topological polar surface area (TPSA) is 29.1 Å². The van der Waals surface area contributed by atoms with E-state index in [2.05, 4.69) is 12.2 Å². The van der Waals surface area contributed by atoms with Gasteiger partial charge in [-0.25, -0.2) is 0 Å². The van der Waals surface area contributed by atoms with E-state index < -0.39 is 0 Å². The van der Waals surface area contributed by atoms with Crippen molar-refractivity contribution in [2.45, 2.75) is 19.8 Å². The molecule has 0 spiro atoms. The Morgan fingerprint density at radius 3 is 2.93 bits per heavy atom. The van der Waals surface area contributed by atoms with Crippen LogP contribution in [0.25, 0.3) is 0 Å². The van der Waals surface area contributed by atoms with Crippen LogP contribution in [-0.2, 0) is 0 Å². The lowest BCUT2D eigenvalue weighted by molar-refractivity contribution is 0.0815. The van der Waals surface area contributed by atoms with Gasteiger partial charge in [0.05, 0.1) is 9.21 Å². The van der Waals surface area contributed by atoms with Gasteiger partial charge in [-0.15, -0.1) is 11.3 Å². The molecular weight excluding hydrogens is 230 g/mol. The average molecular weight is 244 g/mol. The highest BCUT2D eigenvalue weighted by molar-refractivity contribution is 7.18. The molecule has 1 N–H and O–H groups in total. The molecule has 1 aliphatic heterocycles. The fourth-order valence-electron chi connectivity index (χ4n) is 2.10. The third kappa shape index (κ3) is 1.96. The van der Waals surface area contributed by atoms with Gasteiger partial charge in [-0.05, 0) is 31.5 Å². The fourth-order valence-corrected chi connectivity index (χ4v) is 3.20. The van der Waals surface area contributed by atoms with Crippen molar-refractivity contribution in [2.75, 3.05) is 13.1 Å². The van der Waals surface area contributed by atoms with Crippen LogP contribution in [0.4, 0.5) is 0 Å². The molecule has 82 valence electrons. The van der Waals surface area contributed by atoms with Crippen LogP contribution in [-0.4, -0.2) is 18.9 Å². The molecule has 0 radical (unpaired) electrons. The molecule has 1 fully saturated rings.